The summed E-state index contributed by atoms with van der Waals surface area (Å²) in [5, 5.41) is 11.1. The lowest BCUT2D eigenvalue weighted by Crippen LogP contribution is -2.55. The number of carbonyl (C=O) groups excluding carboxylic acids is 5. The number of nitrogens with one attached hydrogen (secondary N) is 4. The highest BCUT2D eigenvalue weighted by atomic mass is 32.2. The molecular weight excluding hydrogens is 560 g/mol. The molecular formula is C30H44N4O7S. The molecule has 1 aliphatic rings. The zero-order valence-corrected chi connectivity index (χ0v) is 25.7. The average molecular weight is 605 g/mol. The van der Waals surface area contributed by atoms with Crippen LogP contribution in [-0.4, -0.2) is 73.1 Å². The molecule has 1 fully saturated rings. The first-order valence-electron chi connectivity index (χ1n) is 14.3. The highest BCUT2D eigenvalue weighted by Gasteiger charge is 2.31. The number of rotatable bonds is 17. The van der Waals surface area contributed by atoms with Crippen LogP contribution >= 0.6 is 11.8 Å². The fraction of sp³-hybridized carbons (Fsp3) is 0.567. The Morgan fingerprint density at radius 1 is 1.05 bits per heavy atom. The van der Waals surface area contributed by atoms with E-state index in [1.807, 2.05) is 50.4 Å². The van der Waals surface area contributed by atoms with Gasteiger partial charge in [-0.3, -0.25) is 14.4 Å². The number of benzene rings is 1. The molecule has 0 aromatic heterocycles. The van der Waals surface area contributed by atoms with Crippen molar-refractivity contribution in [2.45, 2.75) is 71.2 Å². The Bertz CT molecular complexity index is 1070. The van der Waals surface area contributed by atoms with Crippen LogP contribution in [0.15, 0.2) is 42.5 Å². The molecule has 4 N–H and O–H groups in total. The predicted molar refractivity (Wildman–Crippen MR) is 161 cm³/mol. The van der Waals surface area contributed by atoms with Crippen LogP contribution in [0.2, 0.25) is 0 Å². The Labute approximate surface area is 252 Å². The lowest BCUT2D eigenvalue weighted by Gasteiger charge is -2.26. The topological polar surface area (TPSA) is 152 Å². The van der Waals surface area contributed by atoms with Crippen molar-refractivity contribution in [1.29, 1.82) is 0 Å². The van der Waals surface area contributed by atoms with Crippen molar-refractivity contribution in [1.82, 2.24) is 21.3 Å². The lowest BCUT2D eigenvalue weighted by molar-refractivity contribution is -0.137. The molecule has 1 aromatic rings. The van der Waals surface area contributed by atoms with E-state index < -0.39 is 42.0 Å². The number of hydrogen-bond donors (Lipinski definition) is 4. The van der Waals surface area contributed by atoms with Gasteiger partial charge < -0.3 is 30.7 Å². The molecule has 1 unspecified atom stereocenters. The van der Waals surface area contributed by atoms with E-state index in [4.69, 9.17) is 9.47 Å². The highest BCUT2D eigenvalue weighted by molar-refractivity contribution is 7.98. The molecule has 0 saturated carbocycles. The van der Waals surface area contributed by atoms with E-state index in [1.165, 1.54) is 23.9 Å². The van der Waals surface area contributed by atoms with Crippen LogP contribution in [0.25, 0.3) is 0 Å². The molecule has 1 aliphatic heterocycles. The summed E-state index contributed by atoms with van der Waals surface area (Å²) in [4.78, 5) is 63.5. The SMILES string of the molecule is CCOC(=O)C=C[C@H](CC1CCNC1=O)NC(=O)[C@H](CCSC)NC(=O)[C@H](CC(C)C)NC(=O)OCc1ccccc1. The molecule has 0 bridgehead atoms. The molecule has 2 rings (SSSR count). The van der Waals surface area contributed by atoms with Crippen LogP contribution < -0.4 is 21.3 Å². The van der Waals surface area contributed by atoms with Crippen molar-refractivity contribution in [2.75, 3.05) is 25.2 Å². The van der Waals surface area contributed by atoms with Gasteiger partial charge >= 0.3 is 12.1 Å². The van der Waals surface area contributed by atoms with Crippen LogP contribution in [0.1, 0.15) is 52.0 Å². The number of esters is 1. The zero-order valence-electron chi connectivity index (χ0n) is 24.9. The van der Waals surface area contributed by atoms with Gasteiger partial charge in [-0.2, -0.15) is 11.8 Å². The van der Waals surface area contributed by atoms with Crippen LogP contribution in [0.5, 0.6) is 0 Å². The van der Waals surface area contributed by atoms with E-state index in [-0.39, 0.29) is 31.0 Å². The van der Waals surface area contributed by atoms with Crippen molar-refractivity contribution < 1.29 is 33.4 Å². The number of carbonyl (C=O) groups is 5. The second-order valence-electron chi connectivity index (χ2n) is 10.5. The van der Waals surface area contributed by atoms with Gasteiger partial charge in [-0.05, 0) is 56.1 Å². The van der Waals surface area contributed by atoms with Gasteiger partial charge in [0.15, 0.2) is 0 Å². The summed E-state index contributed by atoms with van der Waals surface area (Å²) < 4.78 is 10.3. The number of thioether (sulfide) groups is 1. The Morgan fingerprint density at radius 2 is 1.76 bits per heavy atom. The van der Waals surface area contributed by atoms with Gasteiger partial charge in [0.05, 0.1) is 6.61 Å². The summed E-state index contributed by atoms with van der Waals surface area (Å²) in [7, 11) is 0. The molecule has 0 aliphatic carbocycles. The molecule has 42 heavy (non-hydrogen) atoms. The Kier molecular flexibility index (Phi) is 15.5. The van der Waals surface area contributed by atoms with Gasteiger partial charge in [0.25, 0.3) is 0 Å². The summed E-state index contributed by atoms with van der Waals surface area (Å²) in [6.07, 6.45) is 5.50. The summed E-state index contributed by atoms with van der Waals surface area (Å²) in [6, 6.07) is 6.74. The molecule has 232 valence electrons. The van der Waals surface area contributed by atoms with Gasteiger partial charge in [0.2, 0.25) is 17.7 Å². The second-order valence-corrected chi connectivity index (χ2v) is 11.5. The summed E-state index contributed by atoms with van der Waals surface area (Å²) in [5.41, 5.74) is 0.813. The molecule has 11 nitrogen and oxygen atoms in total. The monoisotopic (exact) mass is 604 g/mol. The third-order valence-electron chi connectivity index (χ3n) is 6.55. The van der Waals surface area contributed by atoms with Crippen LogP contribution in [-0.2, 0) is 35.3 Å². The van der Waals surface area contributed by atoms with Crippen LogP contribution in [0, 0.1) is 11.8 Å². The van der Waals surface area contributed by atoms with Crippen molar-refractivity contribution in [3.63, 3.8) is 0 Å². The maximum absolute atomic E-state index is 13.4. The summed E-state index contributed by atoms with van der Waals surface area (Å²) >= 11 is 1.52. The van der Waals surface area contributed by atoms with Crippen molar-refractivity contribution >= 4 is 41.5 Å². The minimum absolute atomic E-state index is 0.0567. The number of amides is 4. The zero-order chi connectivity index (χ0) is 30.9. The van der Waals surface area contributed by atoms with Gasteiger partial charge in [-0.25, -0.2) is 9.59 Å². The lowest BCUT2D eigenvalue weighted by atomic mass is 9.97. The summed E-state index contributed by atoms with van der Waals surface area (Å²) in [5.74, 6) is -1.27. The average Bonchev–Trinajstić information content (AvgIpc) is 3.36. The van der Waals surface area contributed by atoms with Gasteiger partial charge in [-0.1, -0.05) is 50.3 Å². The summed E-state index contributed by atoms with van der Waals surface area (Å²) in [6.45, 7) is 6.36. The fourth-order valence-electron chi connectivity index (χ4n) is 4.42. The number of alkyl carbamates (subject to hydrolysis) is 1. The molecule has 0 spiro atoms. The number of hydrogen-bond acceptors (Lipinski definition) is 8. The van der Waals surface area contributed by atoms with E-state index >= 15 is 0 Å². The molecule has 1 aromatic carbocycles. The van der Waals surface area contributed by atoms with E-state index in [9.17, 15) is 24.0 Å². The third-order valence-corrected chi connectivity index (χ3v) is 7.20. The molecule has 1 saturated heterocycles. The molecule has 4 atom stereocenters. The maximum atomic E-state index is 13.4. The Hall–Kier alpha value is -3.54. The standard InChI is InChI=1S/C30H44N4O7S/c1-5-40-26(35)12-11-23(18-22-13-15-31-27(22)36)32-28(37)24(14-16-42-4)33-29(38)25(17-20(2)3)34-30(39)41-19-21-9-7-6-8-10-21/h6-12,20,22-25H,5,13-19H2,1-4H3,(H,31,36)(H,32,37)(H,33,38)(H,34,39)/t22?,23-,24+,25+/m1/s1. The normalized spacial score (nSPS) is 16.8. The Balaban J connectivity index is 2.11. The highest BCUT2D eigenvalue weighted by Crippen LogP contribution is 2.17. The van der Waals surface area contributed by atoms with E-state index in [0.29, 0.717) is 38.0 Å². The van der Waals surface area contributed by atoms with Gasteiger partial charge in [0, 0.05) is 24.6 Å². The maximum Gasteiger partial charge on any atom is 0.408 e. The molecule has 0 radical (unpaired) electrons. The van der Waals surface area contributed by atoms with Crippen LogP contribution in [0.4, 0.5) is 4.79 Å². The third kappa shape index (κ3) is 13.0. The molecule has 4 amide bonds. The smallest absolute Gasteiger partial charge is 0.408 e. The molecule has 1 heterocycles. The number of ether oxygens (including phenoxy) is 2. The van der Waals surface area contributed by atoms with Crippen molar-refractivity contribution in [2.24, 2.45) is 11.8 Å². The van der Waals surface area contributed by atoms with Gasteiger partial charge in [0.1, 0.15) is 18.7 Å². The minimum atomic E-state index is -0.917. The fourth-order valence-corrected chi connectivity index (χ4v) is 4.89. The van der Waals surface area contributed by atoms with Crippen molar-refractivity contribution in [3.05, 3.63) is 48.0 Å². The quantitative estimate of drug-likeness (QED) is 0.157. The predicted octanol–water partition coefficient (Wildman–Crippen LogP) is 2.70. The Morgan fingerprint density at radius 3 is 2.38 bits per heavy atom. The van der Waals surface area contributed by atoms with Crippen LogP contribution in [0.3, 0.4) is 0 Å². The van der Waals surface area contributed by atoms with E-state index in [1.54, 1.807) is 6.92 Å². The first-order chi connectivity index (χ1) is 20.1. The van der Waals surface area contributed by atoms with Gasteiger partial charge in [-0.15, -0.1) is 0 Å². The molecule has 12 heteroatoms. The first kappa shape index (κ1) is 34.7. The minimum Gasteiger partial charge on any atom is -0.463 e. The van der Waals surface area contributed by atoms with Crippen molar-refractivity contribution in [3.8, 4) is 0 Å². The van der Waals surface area contributed by atoms with E-state index in [2.05, 4.69) is 21.3 Å². The second kappa shape index (κ2) is 18.8. The largest absolute Gasteiger partial charge is 0.463 e. The first-order valence-corrected chi connectivity index (χ1v) is 15.7. The van der Waals surface area contributed by atoms with E-state index in [0.717, 1.165) is 5.56 Å².